The lowest BCUT2D eigenvalue weighted by molar-refractivity contribution is -0.384. The summed E-state index contributed by atoms with van der Waals surface area (Å²) in [6.45, 7) is -0.216. The number of methoxy groups -OCH3 is 1. The number of rotatable bonds is 13. The molecule has 13 nitrogen and oxygen atoms in total. The molecule has 0 aliphatic heterocycles. The molecule has 42 heavy (non-hydrogen) atoms. The quantitative estimate of drug-likeness (QED) is 0.0822. The first-order valence-corrected chi connectivity index (χ1v) is 14.6. The van der Waals surface area contributed by atoms with Gasteiger partial charge in [0.05, 0.1) is 12.0 Å². The summed E-state index contributed by atoms with van der Waals surface area (Å²) in [5.74, 6) is -2.53. The van der Waals surface area contributed by atoms with Gasteiger partial charge in [-0.1, -0.05) is 72.8 Å². The van der Waals surface area contributed by atoms with Gasteiger partial charge in [-0.2, -0.15) is 0 Å². The average molecular weight is 600 g/mol. The molecule has 14 heteroatoms. The van der Waals surface area contributed by atoms with Crippen molar-refractivity contribution in [3.8, 4) is 0 Å². The van der Waals surface area contributed by atoms with Gasteiger partial charge in [0.25, 0.3) is 5.69 Å². The SMILES string of the molecule is COC(=O)C(CCP(=O)(O)C(NC(=O)OCc1ccccc1)c1cccc([N+](=O)[O-])c1)NC(=O)OCc1ccccc1. The van der Waals surface area contributed by atoms with E-state index in [4.69, 9.17) is 14.2 Å². The molecule has 3 aromatic carbocycles. The fourth-order valence-electron chi connectivity index (χ4n) is 3.84. The lowest BCUT2D eigenvalue weighted by Gasteiger charge is -2.25. The molecule has 3 unspecified atom stereocenters. The van der Waals surface area contributed by atoms with Crippen molar-refractivity contribution in [2.75, 3.05) is 13.3 Å². The maximum atomic E-state index is 13.6. The van der Waals surface area contributed by atoms with Crippen LogP contribution in [0.4, 0.5) is 15.3 Å². The molecule has 3 N–H and O–H groups in total. The van der Waals surface area contributed by atoms with Crippen molar-refractivity contribution in [2.45, 2.75) is 31.5 Å². The number of ether oxygens (including phenoxy) is 3. The molecule has 0 fully saturated rings. The van der Waals surface area contributed by atoms with E-state index >= 15 is 0 Å². The second kappa shape index (κ2) is 15.3. The number of nitro groups is 1. The van der Waals surface area contributed by atoms with E-state index in [1.807, 2.05) is 0 Å². The lowest BCUT2D eigenvalue weighted by Crippen LogP contribution is -2.42. The highest BCUT2D eigenvalue weighted by molar-refractivity contribution is 7.58. The van der Waals surface area contributed by atoms with Crippen molar-refractivity contribution in [2.24, 2.45) is 0 Å². The van der Waals surface area contributed by atoms with Crippen LogP contribution in [0.3, 0.4) is 0 Å². The maximum Gasteiger partial charge on any atom is 0.408 e. The number of carbonyl (C=O) groups excluding carboxylic acids is 3. The molecule has 0 aromatic heterocycles. The Hall–Kier alpha value is -4.74. The Bertz CT molecular complexity index is 1420. The smallest absolute Gasteiger partial charge is 0.408 e. The molecule has 0 saturated carbocycles. The standard InChI is InChI=1S/C28H30N3O10P/c1-39-26(32)24(29-27(33)40-18-20-9-4-2-5-10-20)15-16-42(37,38)25(22-13-8-14-23(17-22)31(35)36)30-28(34)41-19-21-11-6-3-7-12-21/h2-14,17,24-25H,15-16,18-19H2,1H3,(H,29,33)(H,30,34)(H,37,38). The largest absolute Gasteiger partial charge is 0.467 e. The second-order valence-corrected chi connectivity index (χ2v) is 11.5. The van der Waals surface area contributed by atoms with Crippen LogP contribution >= 0.6 is 7.37 Å². The van der Waals surface area contributed by atoms with E-state index in [1.54, 1.807) is 60.7 Å². The maximum absolute atomic E-state index is 13.6. The molecule has 0 heterocycles. The van der Waals surface area contributed by atoms with Crippen molar-refractivity contribution in [3.05, 3.63) is 112 Å². The van der Waals surface area contributed by atoms with E-state index in [1.165, 1.54) is 18.2 Å². The minimum atomic E-state index is -4.47. The predicted octanol–water partition coefficient (Wildman–Crippen LogP) is 4.65. The number of hydrogen-bond donors (Lipinski definition) is 3. The Morgan fingerprint density at radius 2 is 1.43 bits per heavy atom. The highest BCUT2D eigenvalue weighted by atomic mass is 31.2. The zero-order valence-electron chi connectivity index (χ0n) is 22.6. The van der Waals surface area contributed by atoms with Gasteiger partial charge < -0.3 is 29.7 Å². The van der Waals surface area contributed by atoms with Crippen LogP contribution in [-0.2, 0) is 36.8 Å². The fourth-order valence-corrected chi connectivity index (χ4v) is 5.66. The van der Waals surface area contributed by atoms with Gasteiger partial charge in [0, 0.05) is 18.3 Å². The zero-order chi connectivity index (χ0) is 30.5. The summed E-state index contributed by atoms with van der Waals surface area (Å²) in [7, 11) is -3.38. The topological polar surface area (TPSA) is 183 Å². The van der Waals surface area contributed by atoms with Crippen LogP contribution < -0.4 is 10.6 Å². The van der Waals surface area contributed by atoms with Crippen LogP contribution in [-0.4, -0.2) is 47.3 Å². The molecule has 0 spiro atoms. The summed E-state index contributed by atoms with van der Waals surface area (Å²) in [4.78, 5) is 59.1. The van der Waals surface area contributed by atoms with Crippen LogP contribution in [0.15, 0.2) is 84.9 Å². The van der Waals surface area contributed by atoms with Gasteiger partial charge in [-0.25, -0.2) is 14.4 Å². The number of nitrogens with one attached hydrogen (secondary N) is 2. The van der Waals surface area contributed by atoms with Gasteiger partial charge in [0.2, 0.25) is 7.37 Å². The molecule has 0 bridgehead atoms. The van der Waals surface area contributed by atoms with Crippen LogP contribution in [0, 0.1) is 10.1 Å². The van der Waals surface area contributed by atoms with Crippen molar-refractivity contribution in [3.63, 3.8) is 0 Å². The molecule has 222 valence electrons. The number of hydrogen-bond acceptors (Lipinski definition) is 9. The van der Waals surface area contributed by atoms with Gasteiger partial charge in [-0.3, -0.25) is 14.7 Å². The van der Waals surface area contributed by atoms with Crippen molar-refractivity contribution in [1.82, 2.24) is 10.6 Å². The Labute approximate surface area is 241 Å². The Kier molecular flexibility index (Phi) is 11.6. The third-order valence-electron chi connectivity index (χ3n) is 6.00. The van der Waals surface area contributed by atoms with Gasteiger partial charge in [0.15, 0.2) is 0 Å². The molecular weight excluding hydrogens is 569 g/mol. The number of nitro benzene ring substituents is 1. The molecular formula is C28H30N3O10P. The van der Waals surface area contributed by atoms with Crippen molar-refractivity contribution < 1.29 is 43.0 Å². The number of carbonyl (C=O) groups is 3. The van der Waals surface area contributed by atoms with E-state index in [2.05, 4.69) is 10.6 Å². The normalized spacial score (nSPS) is 13.5. The molecule has 3 atom stereocenters. The van der Waals surface area contributed by atoms with Gasteiger partial charge >= 0.3 is 18.2 Å². The van der Waals surface area contributed by atoms with Crippen LogP contribution in [0.2, 0.25) is 0 Å². The summed E-state index contributed by atoms with van der Waals surface area (Å²) >= 11 is 0. The summed E-state index contributed by atoms with van der Waals surface area (Å²) in [6, 6.07) is 21.0. The third kappa shape index (κ3) is 9.72. The van der Waals surface area contributed by atoms with E-state index in [0.29, 0.717) is 11.1 Å². The molecule has 0 aliphatic rings. The Morgan fingerprint density at radius 1 is 0.881 bits per heavy atom. The van der Waals surface area contributed by atoms with E-state index in [-0.39, 0.29) is 30.9 Å². The highest BCUT2D eigenvalue weighted by Gasteiger charge is 2.37. The second-order valence-electron chi connectivity index (χ2n) is 9.01. The summed E-state index contributed by atoms with van der Waals surface area (Å²) in [6.07, 6.45) is -2.98. The molecule has 3 aromatic rings. The minimum absolute atomic E-state index is 0.0310. The summed E-state index contributed by atoms with van der Waals surface area (Å²) in [5.41, 5.74) is 0.966. The first kappa shape index (κ1) is 31.8. The number of non-ortho nitro benzene ring substituents is 1. The Balaban J connectivity index is 1.74. The first-order valence-electron chi connectivity index (χ1n) is 12.7. The van der Waals surface area contributed by atoms with Crippen molar-refractivity contribution in [1.29, 1.82) is 0 Å². The zero-order valence-corrected chi connectivity index (χ0v) is 23.5. The van der Waals surface area contributed by atoms with Crippen LogP contribution in [0.5, 0.6) is 0 Å². The molecule has 0 radical (unpaired) electrons. The summed E-state index contributed by atoms with van der Waals surface area (Å²) < 4.78 is 28.7. The summed E-state index contributed by atoms with van der Waals surface area (Å²) in [5, 5.41) is 16.0. The number of esters is 1. The predicted molar refractivity (Wildman–Crippen MR) is 150 cm³/mol. The number of amides is 2. The van der Waals surface area contributed by atoms with Gasteiger partial charge in [-0.05, 0) is 23.1 Å². The first-order chi connectivity index (χ1) is 20.1. The number of benzene rings is 3. The van der Waals surface area contributed by atoms with Crippen LogP contribution in [0.25, 0.3) is 0 Å². The molecule has 0 aliphatic carbocycles. The number of alkyl carbamates (subject to hydrolysis) is 2. The lowest BCUT2D eigenvalue weighted by atomic mass is 10.2. The Morgan fingerprint density at radius 3 is 1.95 bits per heavy atom. The fraction of sp³-hybridized carbons (Fsp3) is 0.250. The molecule has 3 rings (SSSR count). The highest BCUT2D eigenvalue weighted by Crippen LogP contribution is 2.55. The van der Waals surface area contributed by atoms with Crippen LogP contribution in [0.1, 0.15) is 28.9 Å². The van der Waals surface area contributed by atoms with Crippen molar-refractivity contribution >= 4 is 31.2 Å². The van der Waals surface area contributed by atoms with Gasteiger partial charge in [0.1, 0.15) is 25.0 Å². The van der Waals surface area contributed by atoms with E-state index < -0.39 is 48.4 Å². The van der Waals surface area contributed by atoms with E-state index in [9.17, 15) is 34.0 Å². The van der Waals surface area contributed by atoms with E-state index in [0.717, 1.165) is 13.2 Å². The third-order valence-corrected chi connectivity index (χ3v) is 8.13. The minimum Gasteiger partial charge on any atom is -0.467 e. The molecule has 0 saturated heterocycles. The number of nitrogens with zero attached hydrogens (tertiary/aromatic N) is 1. The van der Waals surface area contributed by atoms with Gasteiger partial charge in [-0.15, -0.1) is 0 Å². The molecule has 2 amide bonds. The monoisotopic (exact) mass is 599 g/mol. The average Bonchev–Trinajstić information content (AvgIpc) is 3.00.